The van der Waals surface area contributed by atoms with E-state index in [4.69, 9.17) is 0 Å². The Balaban J connectivity index is 0.00000191. The Kier molecular flexibility index (Phi) is 8.15. The summed E-state index contributed by atoms with van der Waals surface area (Å²) in [6.07, 6.45) is 11.5. The van der Waals surface area contributed by atoms with Crippen LogP contribution in [0.5, 0.6) is 0 Å². The molecule has 0 aliphatic heterocycles. The zero-order valence-electron chi connectivity index (χ0n) is 14.1. The van der Waals surface area contributed by atoms with E-state index in [1.807, 2.05) is 45.8 Å². The Labute approximate surface area is 127 Å². The predicted molar refractivity (Wildman–Crippen MR) is 91.2 cm³/mol. The van der Waals surface area contributed by atoms with Gasteiger partial charge in [-0.1, -0.05) is 25.5 Å². The monoisotopic (exact) mass is 289 g/mol. The third-order valence-corrected chi connectivity index (χ3v) is 3.50. The molecule has 116 valence electrons. The van der Waals surface area contributed by atoms with Crippen molar-refractivity contribution in [3.8, 4) is 12.8 Å². The molecule has 1 rings (SSSR count). The van der Waals surface area contributed by atoms with Gasteiger partial charge in [-0.25, -0.2) is 9.66 Å². The van der Waals surface area contributed by atoms with E-state index in [2.05, 4.69) is 24.8 Å². The average Bonchev–Trinajstić information content (AvgIpc) is 2.54. The van der Waals surface area contributed by atoms with E-state index in [0.29, 0.717) is 0 Å². The SMILES string of the molecule is C#C.C/C=c1/nc(CC)n(N(C)CC)c(=O)/c1=C(/C)CC. The minimum Gasteiger partial charge on any atom is -0.312 e. The maximum absolute atomic E-state index is 12.8. The molecule has 1 aromatic heterocycles. The van der Waals surface area contributed by atoms with E-state index in [-0.39, 0.29) is 5.56 Å². The summed E-state index contributed by atoms with van der Waals surface area (Å²) >= 11 is 0. The summed E-state index contributed by atoms with van der Waals surface area (Å²) in [5.74, 6) is 0.815. The van der Waals surface area contributed by atoms with Gasteiger partial charge in [0.1, 0.15) is 5.82 Å². The van der Waals surface area contributed by atoms with E-state index in [1.165, 1.54) is 0 Å². The Bertz CT molecular complexity index is 653. The van der Waals surface area contributed by atoms with Crippen molar-refractivity contribution in [1.82, 2.24) is 9.66 Å². The number of aryl methyl sites for hydroxylation is 1. The quantitative estimate of drug-likeness (QED) is 0.777. The van der Waals surface area contributed by atoms with Crippen LogP contribution in [0.2, 0.25) is 0 Å². The van der Waals surface area contributed by atoms with Crippen molar-refractivity contribution < 1.29 is 0 Å². The third kappa shape index (κ3) is 3.98. The molecule has 0 aliphatic rings. The highest BCUT2D eigenvalue weighted by Gasteiger charge is 2.11. The van der Waals surface area contributed by atoms with Crippen LogP contribution in [0.25, 0.3) is 11.6 Å². The minimum absolute atomic E-state index is 0.0450. The van der Waals surface area contributed by atoms with Gasteiger partial charge in [-0.3, -0.25) is 4.79 Å². The van der Waals surface area contributed by atoms with Gasteiger partial charge in [-0.05, 0) is 27.2 Å². The molecule has 0 N–H and O–H groups in total. The van der Waals surface area contributed by atoms with Gasteiger partial charge in [-0.15, -0.1) is 12.8 Å². The smallest absolute Gasteiger partial charge is 0.280 e. The average molecular weight is 289 g/mol. The van der Waals surface area contributed by atoms with Crippen LogP contribution in [0.4, 0.5) is 0 Å². The van der Waals surface area contributed by atoms with E-state index in [9.17, 15) is 4.79 Å². The second kappa shape index (κ2) is 9.02. The fraction of sp³-hybridized carbons (Fsp3) is 0.529. The fourth-order valence-electron chi connectivity index (χ4n) is 2.08. The Morgan fingerprint density at radius 3 is 2.29 bits per heavy atom. The van der Waals surface area contributed by atoms with Crippen LogP contribution in [-0.4, -0.2) is 23.3 Å². The van der Waals surface area contributed by atoms with Gasteiger partial charge in [0.25, 0.3) is 5.56 Å². The number of hydrogen-bond acceptors (Lipinski definition) is 3. The van der Waals surface area contributed by atoms with Gasteiger partial charge in [0, 0.05) is 20.0 Å². The third-order valence-electron chi connectivity index (χ3n) is 3.50. The molecule has 1 aromatic rings. The van der Waals surface area contributed by atoms with Gasteiger partial charge >= 0.3 is 0 Å². The van der Waals surface area contributed by atoms with Gasteiger partial charge in [0.2, 0.25) is 0 Å². The van der Waals surface area contributed by atoms with Gasteiger partial charge < -0.3 is 5.01 Å². The van der Waals surface area contributed by atoms with E-state index < -0.39 is 0 Å². The first-order chi connectivity index (χ1) is 10.0. The molecule has 0 aliphatic carbocycles. The molecule has 0 unspecified atom stereocenters. The summed E-state index contributed by atoms with van der Waals surface area (Å²) in [5, 5.41) is 3.48. The van der Waals surface area contributed by atoms with Crippen LogP contribution in [0, 0.1) is 12.8 Å². The first kappa shape index (κ1) is 19.0. The normalized spacial score (nSPS) is 12.5. The summed E-state index contributed by atoms with van der Waals surface area (Å²) in [4.78, 5) is 17.4. The van der Waals surface area contributed by atoms with Crippen LogP contribution in [0.1, 0.15) is 46.9 Å². The van der Waals surface area contributed by atoms with E-state index in [0.717, 1.165) is 41.4 Å². The van der Waals surface area contributed by atoms with Crippen molar-refractivity contribution in [3.05, 3.63) is 26.7 Å². The zero-order chi connectivity index (χ0) is 16.6. The van der Waals surface area contributed by atoms with Crippen LogP contribution in [0.15, 0.2) is 4.79 Å². The van der Waals surface area contributed by atoms with Gasteiger partial charge in [0.15, 0.2) is 0 Å². The van der Waals surface area contributed by atoms with Crippen LogP contribution in [0.3, 0.4) is 0 Å². The molecule has 0 saturated carbocycles. The lowest BCUT2D eigenvalue weighted by atomic mass is 10.1. The predicted octanol–water partition coefficient (Wildman–Crippen LogP) is 1.02. The molecular formula is C17H27N3O. The number of rotatable bonds is 4. The van der Waals surface area contributed by atoms with Gasteiger partial charge in [-0.2, -0.15) is 0 Å². The molecule has 4 nitrogen and oxygen atoms in total. The highest BCUT2D eigenvalue weighted by molar-refractivity contribution is 5.41. The lowest BCUT2D eigenvalue weighted by Crippen LogP contribution is -2.54. The highest BCUT2D eigenvalue weighted by atomic mass is 16.1. The van der Waals surface area contributed by atoms with Crippen molar-refractivity contribution in [2.75, 3.05) is 18.6 Å². The summed E-state index contributed by atoms with van der Waals surface area (Å²) in [6.45, 7) is 10.8. The van der Waals surface area contributed by atoms with E-state index >= 15 is 0 Å². The fourth-order valence-corrected chi connectivity index (χ4v) is 2.08. The molecule has 21 heavy (non-hydrogen) atoms. The number of terminal acetylenes is 1. The maximum Gasteiger partial charge on any atom is 0.280 e. The van der Waals surface area contributed by atoms with Crippen LogP contribution in [-0.2, 0) is 6.42 Å². The zero-order valence-corrected chi connectivity index (χ0v) is 14.1. The molecule has 0 spiro atoms. The van der Waals surface area contributed by atoms with Crippen LogP contribution >= 0.6 is 0 Å². The maximum atomic E-state index is 12.8. The lowest BCUT2D eigenvalue weighted by molar-refractivity contribution is 0.588. The molecule has 1 heterocycles. The molecule has 0 amide bonds. The molecule has 0 bridgehead atoms. The van der Waals surface area contributed by atoms with Gasteiger partial charge in [0.05, 0.1) is 10.6 Å². The number of hydrogen-bond donors (Lipinski definition) is 0. The second-order valence-electron chi connectivity index (χ2n) is 4.66. The highest BCUT2D eigenvalue weighted by Crippen LogP contribution is 1.95. The first-order valence-electron chi connectivity index (χ1n) is 7.34. The Morgan fingerprint density at radius 1 is 1.33 bits per heavy atom. The molecule has 0 aromatic carbocycles. The summed E-state index contributed by atoms with van der Waals surface area (Å²) in [7, 11) is 1.92. The Hall–Kier alpha value is -2.02. The second-order valence-corrected chi connectivity index (χ2v) is 4.66. The van der Waals surface area contributed by atoms with Crippen molar-refractivity contribution in [1.29, 1.82) is 0 Å². The first-order valence-corrected chi connectivity index (χ1v) is 7.34. The number of aromatic nitrogens is 2. The largest absolute Gasteiger partial charge is 0.312 e. The Morgan fingerprint density at radius 2 is 1.90 bits per heavy atom. The lowest BCUT2D eigenvalue weighted by Gasteiger charge is -2.22. The van der Waals surface area contributed by atoms with Crippen molar-refractivity contribution in [2.45, 2.75) is 47.5 Å². The molecular weight excluding hydrogens is 262 g/mol. The molecule has 0 atom stereocenters. The topological polar surface area (TPSA) is 38.1 Å². The summed E-state index contributed by atoms with van der Waals surface area (Å²) < 4.78 is 1.71. The molecule has 0 fully saturated rings. The summed E-state index contributed by atoms with van der Waals surface area (Å²) in [6, 6.07) is 0. The van der Waals surface area contributed by atoms with E-state index in [1.54, 1.807) is 4.68 Å². The van der Waals surface area contributed by atoms with Crippen LogP contribution < -0.4 is 21.1 Å². The number of nitrogens with zero attached hydrogens (tertiary/aromatic N) is 3. The van der Waals surface area contributed by atoms with Crippen molar-refractivity contribution in [3.63, 3.8) is 0 Å². The molecule has 0 radical (unpaired) electrons. The molecule has 4 heteroatoms. The minimum atomic E-state index is 0.0450. The van der Waals surface area contributed by atoms with Crippen molar-refractivity contribution >= 4 is 11.6 Å². The standard InChI is InChI=1S/C15H25N3O.C2H2/c1-7-11(5)14-12(8-2)16-13(9-3)18(15(14)19)17(6)10-4;1-2/h8H,7,9-10H2,1-6H3;1-2H/b12-8+,14-11-;. The van der Waals surface area contributed by atoms with Crippen molar-refractivity contribution in [2.24, 2.45) is 0 Å². The summed E-state index contributed by atoms with van der Waals surface area (Å²) in [5.41, 5.74) is 1.13. The molecule has 0 saturated heterocycles.